The van der Waals surface area contributed by atoms with Gasteiger partial charge < -0.3 is 15.1 Å². The van der Waals surface area contributed by atoms with Crippen LogP contribution in [0.15, 0.2) is 101 Å². The molecule has 0 aliphatic carbocycles. The lowest BCUT2D eigenvalue weighted by molar-refractivity contribution is -0.172. The maximum absolute atomic E-state index is 13.9. The van der Waals surface area contributed by atoms with Crippen LogP contribution in [0.5, 0.6) is 0 Å². The summed E-state index contributed by atoms with van der Waals surface area (Å²) in [5.74, 6) is -3.32. The molecule has 1 saturated heterocycles. The Balaban J connectivity index is 1.29. The molecule has 2 aliphatic rings. The minimum absolute atomic E-state index is 0.00110. The number of nitrogens with one attached hydrogen (secondary N) is 1. The van der Waals surface area contributed by atoms with E-state index in [1.54, 1.807) is 30.3 Å². The number of anilines is 2. The first-order chi connectivity index (χ1) is 21.5. The van der Waals surface area contributed by atoms with E-state index < -0.39 is 39.4 Å². The zero-order valence-electron chi connectivity index (χ0n) is 23.2. The standard InChI is InChI=1S/C32H22ClN3O8S/c33-22-5-3-4-19(16-22)18-35-25-13-10-21(17-27(25)45(42,43)26-7-2-1-6-24(26)31(35)40)30(39)34-23-11-8-20(9-12-23)32(41)44-36-28(37)14-15-29(36)38/h1-13,16-17H,14-15,18H2,(H,34,39). The monoisotopic (exact) mass is 643 g/mol. The van der Waals surface area contributed by atoms with Crippen LogP contribution in [0.1, 0.15) is 49.5 Å². The Bertz CT molecular complexity index is 2010. The van der Waals surface area contributed by atoms with Crippen molar-refractivity contribution in [1.82, 2.24) is 5.06 Å². The smallest absolute Gasteiger partial charge is 0.325 e. The second-order valence-electron chi connectivity index (χ2n) is 10.2. The minimum atomic E-state index is -4.24. The highest BCUT2D eigenvalue weighted by Crippen LogP contribution is 2.38. The van der Waals surface area contributed by atoms with Crippen LogP contribution in [0.4, 0.5) is 11.4 Å². The molecule has 2 heterocycles. The number of hydrogen-bond acceptors (Lipinski definition) is 8. The number of imide groups is 1. The van der Waals surface area contributed by atoms with Crippen molar-refractivity contribution in [2.75, 3.05) is 10.2 Å². The maximum Gasteiger partial charge on any atom is 0.363 e. The van der Waals surface area contributed by atoms with Gasteiger partial charge in [0.2, 0.25) is 9.84 Å². The number of halogens is 1. The number of benzene rings is 4. The van der Waals surface area contributed by atoms with Crippen molar-refractivity contribution in [3.8, 4) is 0 Å². The summed E-state index contributed by atoms with van der Waals surface area (Å²) in [5, 5.41) is 3.54. The van der Waals surface area contributed by atoms with Gasteiger partial charge in [0.1, 0.15) is 0 Å². The Morgan fingerprint density at radius 1 is 0.800 bits per heavy atom. The maximum atomic E-state index is 13.9. The van der Waals surface area contributed by atoms with Gasteiger partial charge in [-0.15, -0.1) is 5.06 Å². The molecule has 0 atom stereocenters. The molecule has 0 unspecified atom stereocenters. The normalized spacial score (nSPS) is 15.3. The summed E-state index contributed by atoms with van der Waals surface area (Å²) in [4.78, 5) is 68.7. The molecule has 4 amide bonds. The van der Waals surface area contributed by atoms with E-state index in [-0.39, 0.29) is 57.2 Å². The van der Waals surface area contributed by atoms with Crippen molar-refractivity contribution in [2.45, 2.75) is 29.2 Å². The molecule has 11 nitrogen and oxygen atoms in total. The molecule has 226 valence electrons. The Morgan fingerprint density at radius 3 is 2.20 bits per heavy atom. The SMILES string of the molecule is O=C(Nc1ccc(C(=O)ON2C(=O)CCC2=O)cc1)c1ccc2c(c1)S(=O)(=O)c1ccccc1C(=O)N2Cc1cccc(Cl)c1. The van der Waals surface area contributed by atoms with Gasteiger partial charge in [0, 0.05) is 29.1 Å². The lowest BCUT2D eigenvalue weighted by atomic mass is 10.1. The van der Waals surface area contributed by atoms with Gasteiger partial charge in [0.15, 0.2) is 0 Å². The average molecular weight is 644 g/mol. The first-order valence-electron chi connectivity index (χ1n) is 13.6. The van der Waals surface area contributed by atoms with Gasteiger partial charge in [-0.25, -0.2) is 13.2 Å². The second kappa shape index (κ2) is 11.6. The van der Waals surface area contributed by atoms with E-state index in [2.05, 4.69) is 5.32 Å². The summed E-state index contributed by atoms with van der Waals surface area (Å²) in [6.45, 7) is 0.0245. The van der Waals surface area contributed by atoms with Gasteiger partial charge >= 0.3 is 5.97 Å². The Morgan fingerprint density at radius 2 is 1.49 bits per heavy atom. The van der Waals surface area contributed by atoms with Gasteiger partial charge in [-0.05, 0) is 72.3 Å². The molecular weight excluding hydrogens is 622 g/mol. The van der Waals surface area contributed by atoms with E-state index in [4.69, 9.17) is 16.4 Å². The van der Waals surface area contributed by atoms with E-state index in [9.17, 15) is 32.4 Å². The van der Waals surface area contributed by atoms with Crippen LogP contribution < -0.4 is 10.2 Å². The van der Waals surface area contributed by atoms with E-state index in [0.717, 1.165) is 0 Å². The Labute approximate surface area is 261 Å². The fourth-order valence-electron chi connectivity index (χ4n) is 5.01. The molecular formula is C32H22ClN3O8S. The minimum Gasteiger partial charge on any atom is -0.325 e. The van der Waals surface area contributed by atoms with Crippen LogP contribution in [0.25, 0.3) is 0 Å². The van der Waals surface area contributed by atoms with Crippen LogP contribution >= 0.6 is 11.6 Å². The van der Waals surface area contributed by atoms with E-state index in [1.165, 1.54) is 65.6 Å². The van der Waals surface area contributed by atoms with Crippen LogP contribution in [0.2, 0.25) is 5.02 Å². The molecule has 4 aromatic carbocycles. The zero-order chi connectivity index (χ0) is 31.9. The van der Waals surface area contributed by atoms with Crippen molar-refractivity contribution in [3.63, 3.8) is 0 Å². The first-order valence-corrected chi connectivity index (χ1v) is 15.4. The highest BCUT2D eigenvalue weighted by molar-refractivity contribution is 7.91. The fraction of sp³-hybridized carbons (Fsp3) is 0.0938. The lowest BCUT2D eigenvalue weighted by Gasteiger charge is -2.23. The zero-order valence-corrected chi connectivity index (χ0v) is 24.8. The molecule has 45 heavy (non-hydrogen) atoms. The number of sulfone groups is 1. The van der Waals surface area contributed by atoms with Crippen molar-refractivity contribution in [2.24, 2.45) is 0 Å². The molecule has 0 radical (unpaired) electrons. The third-order valence-corrected chi connectivity index (χ3v) is 9.32. The third-order valence-electron chi connectivity index (χ3n) is 7.24. The van der Waals surface area contributed by atoms with Gasteiger partial charge in [0.25, 0.3) is 23.6 Å². The third kappa shape index (κ3) is 5.68. The Kier molecular flexibility index (Phi) is 7.69. The molecule has 0 bridgehead atoms. The summed E-state index contributed by atoms with van der Waals surface area (Å²) in [6, 6.07) is 22.3. The van der Waals surface area contributed by atoms with E-state index in [0.29, 0.717) is 15.6 Å². The molecule has 2 aliphatic heterocycles. The molecule has 4 aromatic rings. The van der Waals surface area contributed by atoms with Crippen molar-refractivity contribution >= 4 is 62.4 Å². The highest BCUT2D eigenvalue weighted by Gasteiger charge is 2.36. The van der Waals surface area contributed by atoms with E-state index in [1.807, 2.05) is 0 Å². The van der Waals surface area contributed by atoms with Crippen molar-refractivity contribution < 1.29 is 37.2 Å². The second-order valence-corrected chi connectivity index (χ2v) is 12.5. The summed E-state index contributed by atoms with van der Waals surface area (Å²) >= 11 is 6.16. The predicted molar refractivity (Wildman–Crippen MR) is 161 cm³/mol. The number of hydrogen-bond donors (Lipinski definition) is 1. The quantitative estimate of drug-likeness (QED) is 0.295. The summed E-state index contributed by atoms with van der Waals surface area (Å²) in [5.41, 5.74) is 1.07. The topological polar surface area (TPSA) is 147 Å². The number of rotatable bonds is 6. The molecule has 0 aromatic heterocycles. The molecule has 0 saturated carbocycles. The number of amides is 4. The first kappa shape index (κ1) is 29.7. The van der Waals surface area contributed by atoms with Gasteiger partial charge in [-0.2, -0.15) is 0 Å². The average Bonchev–Trinajstić information content (AvgIpc) is 3.32. The lowest BCUT2D eigenvalue weighted by Crippen LogP contribution is -2.32. The number of fused-ring (bicyclic) bond motifs is 2. The van der Waals surface area contributed by atoms with Crippen LogP contribution in [0, 0.1) is 0 Å². The van der Waals surface area contributed by atoms with Crippen LogP contribution in [0.3, 0.4) is 0 Å². The number of carbonyl (C=O) groups is 5. The van der Waals surface area contributed by atoms with Gasteiger partial charge in [0.05, 0.1) is 33.2 Å². The number of hydroxylamine groups is 2. The van der Waals surface area contributed by atoms with Gasteiger partial charge in [-0.3, -0.25) is 19.2 Å². The van der Waals surface area contributed by atoms with Crippen LogP contribution in [-0.4, -0.2) is 43.1 Å². The number of carbonyl (C=O) groups excluding carboxylic acids is 5. The Hall–Kier alpha value is -5.33. The van der Waals surface area contributed by atoms with Crippen molar-refractivity contribution in [3.05, 3.63) is 118 Å². The molecule has 6 rings (SSSR count). The van der Waals surface area contributed by atoms with Gasteiger partial charge in [-0.1, -0.05) is 35.9 Å². The largest absolute Gasteiger partial charge is 0.363 e. The number of nitrogens with zero attached hydrogens (tertiary/aromatic N) is 2. The predicted octanol–water partition coefficient (Wildman–Crippen LogP) is 4.81. The molecule has 1 N–H and O–H groups in total. The molecule has 0 spiro atoms. The summed E-state index contributed by atoms with van der Waals surface area (Å²) in [7, 11) is -4.24. The van der Waals surface area contributed by atoms with E-state index >= 15 is 0 Å². The summed E-state index contributed by atoms with van der Waals surface area (Å²) < 4.78 is 27.8. The summed E-state index contributed by atoms with van der Waals surface area (Å²) in [6.07, 6.45) is -0.0757. The van der Waals surface area contributed by atoms with Crippen LogP contribution in [-0.2, 0) is 30.8 Å². The highest BCUT2D eigenvalue weighted by atomic mass is 35.5. The fourth-order valence-corrected chi connectivity index (χ4v) is 6.89. The van der Waals surface area contributed by atoms with Crippen molar-refractivity contribution in [1.29, 1.82) is 0 Å². The molecule has 1 fully saturated rings. The molecule has 13 heteroatoms.